The predicted octanol–water partition coefficient (Wildman–Crippen LogP) is 1.30. The number of aromatic nitrogens is 3. The topological polar surface area (TPSA) is 42.7 Å². The number of hydrogen-bond donors (Lipinski definition) is 1. The second-order valence-corrected chi connectivity index (χ2v) is 3.52. The third kappa shape index (κ3) is 2.22. The van der Waals surface area contributed by atoms with Crippen LogP contribution in [0.25, 0.3) is 5.69 Å². The molecule has 0 aliphatic rings. The average Bonchev–Trinajstić information content (AvgIpc) is 2.67. The van der Waals surface area contributed by atoms with E-state index >= 15 is 0 Å². The van der Waals surface area contributed by atoms with Crippen LogP contribution in [0.15, 0.2) is 30.5 Å². The van der Waals surface area contributed by atoms with E-state index in [1.54, 1.807) is 4.68 Å². The van der Waals surface area contributed by atoms with Crippen LogP contribution in [0.4, 0.5) is 0 Å². The molecule has 1 N–H and O–H groups in total. The summed E-state index contributed by atoms with van der Waals surface area (Å²) >= 11 is 0. The van der Waals surface area contributed by atoms with Crippen molar-refractivity contribution in [1.29, 1.82) is 0 Å². The van der Waals surface area contributed by atoms with Crippen molar-refractivity contribution in [3.63, 3.8) is 0 Å². The Morgan fingerprint density at radius 2 is 2.27 bits per heavy atom. The lowest BCUT2D eigenvalue weighted by molar-refractivity contribution is 0.767. The second-order valence-electron chi connectivity index (χ2n) is 3.52. The molecule has 15 heavy (non-hydrogen) atoms. The van der Waals surface area contributed by atoms with Gasteiger partial charge < -0.3 is 5.32 Å². The first-order valence-corrected chi connectivity index (χ1v) is 4.92. The minimum absolute atomic E-state index is 0.742. The summed E-state index contributed by atoms with van der Waals surface area (Å²) in [5, 5.41) is 11.2. The molecule has 0 saturated carbocycles. The van der Waals surface area contributed by atoms with E-state index in [-0.39, 0.29) is 0 Å². The maximum absolute atomic E-state index is 4.07. The lowest BCUT2D eigenvalue weighted by atomic mass is 10.2. The zero-order valence-electron chi connectivity index (χ0n) is 8.94. The van der Waals surface area contributed by atoms with Crippen LogP contribution in [0, 0.1) is 6.92 Å². The molecular formula is C11H14N4. The molecule has 1 heterocycles. The van der Waals surface area contributed by atoms with Crippen molar-refractivity contribution in [2.24, 2.45) is 0 Å². The maximum Gasteiger partial charge on any atom is 0.0969 e. The van der Waals surface area contributed by atoms with Gasteiger partial charge in [0.1, 0.15) is 0 Å². The van der Waals surface area contributed by atoms with Gasteiger partial charge in [-0.15, -0.1) is 5.10 Å². The van der Waals surface area contributed by atoms with Crippen LogP contribution in [-0.2, 0) is 6.54 Å². The van der Waals surface area contributed by atoms with Crippen molar-refractivity contribution in [2.45, 2.75) is 13.5 Å². The lowest BCUT2D eigenvalue weighted by Crippen LogP contribution is -2.04. The largest absolute Gasteiger partial charge is 0.314 e. The van der Waals surface area contributed by atoms with E-state index < -0.39 is 0 Å². The van der Waals surface area contributed by atoms with Gasteiger partial charge in [0.2, 0.25) is 0 Å². The first-order valence-electron chi connectivity index (χ1n) is 4.92. The second kappa shape index (κ2) is 4.23. The van der Waals surface area contributed by atoms with Crippen molar-refractivity contribution in [2.75, 3.05) is 7.05 Å². The molecule has 0 atom stereocenters. The van der Waals surface area contributed by atoms with Crippen LogP contribution in [0.3, 0.4) is 0 Å². The van der Waals surface area contributed by atoms with E-state index in [0.717, 1.165) is 17.9 Å². The highest BCUT2D eigenvalue weighted by atomic mass is 15.4. The van der Waals surface area contributed by atoms with E-state index in [4.69, 9.17) is 0 Å². The van der Waals surface area contributed by atoms with E-state index in [2.05, 4.69) is 34.7 Å². The molecule has 0 unspecified atom stereocenters. The van der Waals surface area contributed by atoms with E-state index in [9.17, 15) is 0 Å². The summed E-state index contributed by atoms with van der Waals surface area (Å²) in [6.07, 6.45) is 1.94. The van der Waals surface area contributed by atoms with Gasteiger partial charge in [-0.1, -0.05) is 17.3 Å². The summed E-state index contributed by atoms with van der Waals surface area (Å²) in [6, 6.07) is 8.18. The molecule has 0 saturated heterocycles. The molecule has 4 heteroatoms. The molecule has 2 rings (SSSR count). The van der Waals surface area contributed by atoms with Crippen LogP contribution >= 0.6 is 0 Å². The van der Waals surface area contributed by atoms with Crippen molar-refractivity contribution in [3.05, 3.63) is 41.7 Å². The molecule has 2 aromatic rings. The Bertz CT molecular complexity index is 447. The van der Waals surface area contributed by atoms with Gasteiger partial charge in [0.25, 0.3) is 0 Å². The van der Waals surface area contributed by atoms with Crippen LogP contribution < -0.4 is 5.32 Å². The zero-order valence-corrected chi connectivity index (χ0v) is 8.94. The fraction of sp³-hybridized carbons (Fsp3) is 0.273. The number of rotatable bonds is 3. The summed E-state index contributed by atoms with van der Waals surface area (Å²) in [5.41, 5.74) is 3.21. The first-order chi connectivity index (χ1) is 7.29. The zero-order chi connectivity index (χ0) is 10.7. The summed E-state index contributed by atoms with van der Waals surface area (Å²) < 4.78 is 1.79. The molecule has 0 aliphatic heterocycles. The highest BCUT2D eigenvalue weighted by Crippen LogP contribution is 2.08. The average molecular weight is 202 g/mol. The molecule has 0 bridgehead atoms. The molecule has 0 fully saturated rings. The van der Waals surface area contributed by atoms with Gasteiger partial charge in [0.05, 0.1) is 17.6 Å². The van der Waals surface area contributed by atoms with Crippen molar-refractivity contribution >= 4 is 0 Å². The summed E-state index contributed by atoms with van der Waals surface area (Å²) in [5.74, 6) is 0. The Balaban J connectivity index is 2.29. The Hall–Kier alpha value is -1.68. The molecule has 0 radical (unpaired) electrons. The fourth-order valence-corrected chi connectivity index (χ4v) is 1.46. The van der Waals surface area contributed by atoms with Gasteiger partial charge in [-0.05, 0) is 31.7 Å². The van der Waals surface area contributed by atoms with E-state index in [1.807, 2.05) is 25.4 Å². The maximum atomic E-state index is 4.07. The van der Waals surface area contributed by atoms with Gasteiger partial charge in [0, 0.05) is 6.54 Å². The molecule has 78 valence electrons. The highest BCUT2D eigenvalue weighted by Gasteiger charge is 2.01. The highest BCUT2D eigenvalue weighted by molar-refractivity contribution is 5.34. The summed E-state index contributed by atoms with van der Waals surface area (Å²) in [4.78, 5) is 0. The van der Waals surface area contributed by atoms with Gasteiger partial charge >= 0.3 is 0 Å². The van der Waals surface area contributed by atoms with Gasteiger partial charge in [-0.2, -0.15) is 0 Å². The predicted molar refractivity (Wildman–Crippen MR) is 58.9 cm³/mol. The number of nitrogens with one attached hydrogen (secondary N) is 1. The van der Waals surface area contributed by atoms with E-state index in [0.29, 0.717) is 0 Å². The molecule has 0 spiro atoms. The molecule has 1 aromatic carbocycles. The molecule has 0 aliphatic carbocycles. The van der Waals surface area contributed by atoms with Gasteiger partial charge in [0.15, 0.2) is 0 Å². The monoisotopic (exact) mass is 202 g/mol. The summed E-state index contributed by atoms with van der Waals surface area (Å²) in [7, 11) is 1.89. The Morgan fingerprint density at radius 3 is 3.00 bits per heavy atom. The van der Waals surface area contributed by atoms with Crippen LogP contribution in [0.5, 0.6) is 0 Å². The normalized spacial score (nSPS) is 10.5. The summed E-state index contributed by atoms with van der Waals surface area (Å²) in [6.45, 7) is 2.81. The lowest BCUT2D eigenvalue weighted by Gasteiger charge is -2.00. The fourth-order valence-electron chi connectivity index (χ4n) is 1.46. The Labute approximate surface area is 88.9 Å². The molecular weight excluding hydrogens is 188 g/mol. The van der Waals surface area contributed by atoms with E-state index in [1.165, 1.54) is 5.56 Å². The van der Waals surface area contributed by atoms with Crippen LogP contribution in [0.2, 0.25) is 0 Å². The standard InChI is InChI=1S/C11H14N4/c1-9-4-3-5-11(6-9)15-8-10(7-12-2)13-14-15/h3-6,8,12H,7H2,1-2H3. The van der Waals surface area contributed by atoms with Crippen molar-refractivity contribution < 1.29 is 0 Å². The smallest absolute Gasteiger partial charge is 0.0969 e. The number of hydrogen-bond acceptors (Lipinski definition) is 3. The first kappa shape index (κ1) is 9.86. The molecule has 0 amide bonds. The number of benzene rings is 1. The minimum atomic E-state index is 0.742. The molecule has 1 aromatic heterocycles. The third-order valence-electron chi connectivity index (χ3n) is 2.16. The van der Waals surface area contributed by atoms with Gasteiger partial charge in [-0.25, -0.2) is 4.68 Å². The van der Waals surface area contributed by atoms with Crippen LogP contribution in [-0.4, -0.2) is 22.0 Å². The van der Waals surface area contributed by atoms with Crippen molar-refractivity contribution in [3.8, 4) is 5.69 Å². The SMILES string of the molecule is CNCc1cn(-c2cccc(C)c2)nn1. The third-order valence-corrected chi connectivity index (χ3v) is 2.16. The number of aryl methyl sites for hydroxylation is 1. The number of nitrogens with zero attached hydrogens (tertiary/aromatic N) is 3. The quantitative estimate of drug-likeness (QED) is 0.815. The Morgan fingerprint density at radius 1 is 1.40 bits per heavy atom. The molecule has 4 nitrogen and oxygen atoms in total. The minimum Gasteiger partial charge on any atom is -0.314 e. The van der Waals surface area contributed by atoms with Crippen LogP contribution in [0.1, 0.15) is 11.3 Å². The van der Waals surface area contributed by atoms with Gasteiger partial charge in [-0.3, -0.25) is 0 Å². The Kier molecular flexibility index (Phi) is 2.78. The van der Waals surface area contributed by atoms with Crippen molar-refractivity contribution in [1.82, 2.24) is 20.3 Å².